The third-order valence-corrected chi connectivity index (χ3v) is 2.34. The molecule has 1 aromatic heterocycles. The predicted molar refractivity (Wildman–Crippen MR) is 46.6 cm³/mol. The van der Waals surface area contributed by atoms with E-state index in [0.29, 0.717) is 6.07 Å². The van der Waals surface area contributed by atoms with E-state index in [1.54, 1.807) is 0 Å². The number of pyridine rings is 1. The molecule has 15 heavy (non-hydrogen) atoms. The van der Waals surface area contributed by atoms with E-state index in [0.717, 1.165) is 0 Å². The van der Waals surface area contributed by atoms with Crippen molar-refractivity contribution in [2.75, 3.05) is 5.73 Å². The molecular formula is C6H7F2N3O3S. The lowest BCUT2D eigenvalue weighted by Crippen LogP contribution is -2.15. The molecule has 0 unspecified atom stereocenters. The van der Waals surface area contributed by atoms with E-state index in [2.05, 4.69) is 10.1 Å². The van der Waals surface area contributed by atoms with Crippen LogP contribution in [0.5, 0.6) is 5.75 Å². The molecule has 1 rings (SSSR count). The number of hydrogen-bond acceptors (Lipinski definition) is 5. The number of nitrogens with two attached hydrogens (primary N) is 2. The Kier molecular flexibility index (Phi) is 2.77. The van der Waals surface area contributed by atoms with Gasteiger partial charge in [-0.3, -0.25) is 0 Å². The van der Waals surface area contributed by atoms with Crippen LogP contribution in [0.3, 0.4) is 0 Å². The van der Waals surface area contributed by atoms with E-state index in [9.17, 15) is 17.2 Å². The zero-order chi connectivity index (χ0) is 11.8. The molecule has 0 atom stereocenters. The summed E-state index contributed by atoms with van der Waals surface area (Å²) in [5, 5.41) is 12.7. The Bertz CT molecular complexity index is 489. The molecule has 1 aromatic rings. The number of halogens is 2. The Hall–Kier alpha value is -1.48. The van der Waals surface area contributed by atoms with Crippen LogP contribution in [0.2, 0.25) is 0 Å². The van der Waals surface area contributed by atoms with Crippen molar-refractivity contribution in [1.29, 1.82) is 0 Å². The van der Waals surface area contributed by atoms with Crippen LogP contribution in [-0.4, -0.2) is 18.5 Å². The normalized spacial score (nSPS) is 12.0. The number of rotatable bonds is 2. The first-order chi connectivity index (χ1) is 6.73. The van der Waals surface area contributed by atoms with E-state index >= 15 is 0 Å². The molecule has 5 N–H and O–H groups in total. The fourth-order valence-corrected chi connectivity index (χ4v) is 1.54. The summed E-state index contributed by atoms with van der Waals surface area (Å²) < 4.78 is 46.3. The van der Waals surface area contributed by atoms with Gasteiger partial charge in [0.1, 0.15) is 5.82 Å². The maximum absolute atomic E-state index is 12.3. The van der Waals surface area contributed by atoms with Crippen molar-refractivity contribution in [2.24, 2.45) is 5.14 Å². The molecule has 0 aliphatic carbocycles. The number of hydrogen-bond donors (Lipinski definition) is 3. The third kappa shape index (κ3) is 2.30. The topological polar surface area (TPSA) is 119 Å². The lowest BCUT2D eigenvalue weighted by molar-refractivity contribution is 0.146. The van der Waals surface area contributed by atoms with Gasteiger partial charge in [0.2, 0.25) is 5.03 Å². The summed E-state index contributed by atoms with van der Waals surface area (Å²) >= 11 is 0. The number of nitrogens with zero attached hydrogens (tertiary/aromatic N) is 1. The highest BCUT2D eigenvalue weighted by molar-refractivity contribution is 7.89. The summed E-state index contributed by atoms with van der Waals surface area (Å²) in [6.07, 6.45) is -3.07. The summed E-state index contributed by atoms with van der Waals surface area (Å²) in [6, 6.07) is 0.675. The SMILES string of the molecule is Nc1cc(C(F)F)c(O)c(S(N)(=O)=O)n1. The van der Waals surface area contributed by atoms with Gasteiger partial charge in [-0.25, -0.2) is 27.3 Å². The van der Waals surface area contributed by atoms with Crippen LogP contribution < -0.4 is 10.9 Å². The zero-order valence-electron chi connectivity index (χ0n) is 7.18. The minimum absolute atomic E-state index is 0.466. The maximum atomic E-state index is 12.3. The highest BCUT2D eigenvalue weighted by Gasteiger charge is 2.24. The summed E-state index contributed by atoms with van der Waals surface area (Å²) in [5.74, 6) is -1.64. The third-order valence-electron chi connectivity index (χ3n) is 1.51. The molecule has 0 spiro atoms. The van der Waals surface area contributed by atoms with E-state index in [1.807, 2.05) is 0 Å². The van der Waals surface area contributed by atoms with E-state index in [4.69, 9.17) is 10.8 Å². The number of aromatic nitrogens is 1. The van der Waals surface area contributed by atoms with Gasteiger partial charge in [-0.05, 0) is 6.07 Å². The molecule has 0 aliphatic heterocycles. The summed E-state index contributed by atoms with van der Waals surface area (Å²) in [5.41, 5.74) is 4.16. The highest BCUT2D eigenvalue weighted by Crippen LogP contribution is 2.33. The van der Waals surface area contributed by atoms with Gasteiger partial charge in [-0.1, -0.05) is 0 Å². The number of alkyl halides is 2. The molecule has 9 heteroatoms. The van der Waals surface area contributed by atoms with Gasteiger partial charge in [0, 0.05) is 0 Å². The fraction of sp³-hybridized carbons (Fsp3) is 0.167. The smallest absolute Gasteiger partial charge is 0.267 e. The second kappa shape index (κ2) is 3.59. The zero-order valence-corrected chi connectivity index (χ0v) is 8.00. The number of nitrogen functional groups attached to an aromatic ring is 1. The van der Waals surface area contributed by atoms with E-state index < -0.39 is 38.6 Å². The fourth-order valence-electron chi connectivity index (χ4n) is 0.918. The van der Waals surface area contributed by atoms with Gasteiger partial charge in [0.25, 0.3) is 16.4 Å². The van der Waals surface area contributed by atoms with Gasteiger partial charge in [0.05, 0.1) is 5.56 Å². The van der Waals surface area contributed by atoms with Gasteiger partial charge in [-0.15, -0.1) is 0 Å². The van der Waals surface area contributed by atoms with Crippen molar-refractivity contribution in [1.82, 2.24) is 4.98 Å². The average molecular weight is 239 g/mol. The molecular weight excluding hydrogens is 232 g/mol. The molecule has 6 nitrogen and oxygen atoms in total. The Morgan fingerprint density at radius 1 is 1.47 bits per heavy atom. The van der Waals surface area contributed by atoms with Crippen molar-refractivity contribution >= 4 is 15.8 Å². The molecule has 0 bridgehead atoms. The Labute approximate surface area is 83.6 Å². The number of sulfonamides is 1. The summed E-state index contributed by atoms with van der Waals surface area (Å²) in [6.45, 7) is 0. The Balaban J connectivity index is 3.56. The second-order valence-corrected chi connectivity index (χ2v) is 4.11. The van der Waals surface area contributed by atoms with Gasteiger partial charge in [0.15, 0.2) is 5.75 Å². The standard InChI is InChI=1S/C6H7F2N3O3S/c7-5(8)2-1-3(9)11-6(4(2)12)15(10,13)14/h1,5,12H,(H2,9,11)(H2,10,13,14). The number of primary sulfonamides is 1. The lowest BCUT2D eigenvalue weighted by Gasteiger charge is -2.07. The Morgan fingerprint density at radius 2 is 2.00 bits per heavy atom. The van der Waals surface area contributed by atoms with E-state index in [-0.39, 0.29) is 0 Å². The van der Waals surface area contributed by atoms with Crippen molar-refractivity contribution in [3.05, 3.63) is 11.6 Å². The largest absolute Gasteiger partial charge is 0.504 e. The molecule has 0 aromatic carbocycles. The quantitative estimate of drug-likeness (QED) is 0.668. The second-order valence-electron chi connectivity index (χ2n) is 2.64. The summed E-state index contributed by atoms with van der Waals surface area (Å²) in [4.78, 5) is 3.17. The average Bonchev–Trinajstić information content (AvgIpc) is 2.06. The van der Waals surface area contributed by atoms with Crippen LogP contribution in [-0.2, 0) is 10.0 Å². The first-order valence-electron chi connectivity index (χ1n) is 3.54. The van der Waals surface area contributed by atoms with Crippen LogP contribution >= 0.6 is 0 Å². The van der Waals surface area contributed by atoms with E-state index in [1.165, 1.54) is 0 Å². The van der Waals surface area contributed by atoms with Crippen LogP contribution in [0.25, 0.3) is 0 Å². The minimum Gasteiger partial charge on any atom is -0.504 e. The molecule has 0 saturated carbocycles. The van der Waals surface area contributed by atoms with Crippen LogP contribution in [0.4, 0.5) is 14.6 Å². The van der Waals surface area contributed by atoms with Gasteiger partial charge >= 0.3 is 0 Å². The van der Waals surface area contributed by atoms with Crippen molar-refractivity contribution < 1.29 is 22.3 Å². The molecule has 0 aliphatic rings. The van der Waals surface area contributed by atoms with Gasteiger partial charge in [-0.2, -0.15) is 0 Å². The molecule has 84 valence electrons. The van der Waals surface area contributed by atoms with Gasteiger partial charge < -0.3 is 10.8 Å². The molecule has 1 heterocycles. The maximum Gasteiger partial charge on any atom is 0.267 e. The number of aromatic hydroxyl groups is 1. The Morgan fingerprint density at radius 3 is 2.40 bits per heavy atom. The molecule has 0 radical (unpaired) electrons. The monoisotopic (exact) mass is 239 g/mol. The number of anilines is 1. The highest BCUT2D eigenvalue weighted by atomic mass is 32.2. The lowest BCUT2D eigenvalue weighted by atomic mass is 10.2. The van der Waals surface area contributed by atoms with Crippen molar-refractivity contribution in [3.63, 3.8) is 0 Å². The van der Waals surface area contributed by atoms with Crippen LogP contribution in [0.15, 0.2) is 11.1 Å². The summed E-state index contributed by atoms with van der Waals surface area (Å²) in [7, 11) is -4.39. The molecule has 0 amide bonds. The van der Waals surface area contributed by atoms with Crippen molar-refractivity contribution in [3.8, 4) is 5.75 Å². The first kappa shape index (κ1) is 11.6. The van der Waals surface area contributed by atoms with Crippen LogP contribution in [0, 0.1) is 0 Å². The van der Waals surface area contributed by atoms with Crippen LogP contribution in [0.1, 0.15) is 12.0 Å². The molecule has 0 saturated heterocycles. The van der Waals surface area contributed by atoms with Crippen molar-refractivity contribution in [2.45, 2.75) is 11.5 Å². The predicted octanol–water partition coefficient (Wildman–Crippen LogP) is -0.0456. The minimum atomic E-state index is -4.39. The molecule has 0 fully saturated rings. The first-order valence-corrected chi connectivity index (χ1v) is 5.08.